The molecule has 2 aromatic carbocycles. The van der Waals surface area contributed by atoms with Crippen LogP contribution in [0.15, 0.2) is 36.4 Å². The van der Waals surface area contributed by atoms with Crippen LogP contribution in [0.1, 0.15) is 61.6 Å². The molecule has 2 fully saturated rings. The van der Waals surface area contributed by atoms with E-state index >= 15 is 0 Å². The lowest BCUT2D eigenvalue weighted by atomic mass is 9.86. The zero-order valence-corrected chi connectivity index (χ0v) is 26.8. The van der Waals surface area contributed by atoms with Crippen LogP contribution in [0.5, 0.6) is 5.75 Å². The molecule has 2 aliphatic rings. The molecule has 0 bridgehead atoms. The average Bonchev–Trinajstić information content (AvgIpc) is 3.67. The van der Waals surface area contributed by atoms with Crippen molar-refractivity contribution < 1.29 is 22.7 Å². The fraction of sp³-hybridized carbons (Fsp3) is 0.500. The number of sulfonamides is 1. The van der Waals surface area contributed by atoms with E-state index in [4.69, 9.17) is 4.74 Å². The summed E-state index contributed by atoms with van der Waals surface area (Å²) < 4.78 is 34.2. The van der Waals surface area contributed by atoms with Crippen molar-refractivity contribution in [3.8, 4) is 5.75 Å². The van der Waals surface area contributed by atoms with E-state index < -0.39 is 10.0 Å². The van der Waals surface area contributed by atoms with Crippen molar-refractivity contribution in [3.05, 3.63) is 53.2 Å². The monoisotopic (exact) mass is 609 g/mol. The van der Waals surface area contributed by atoms with Crippen molar-refractivity contribution in [2.75, 3.05) is 49.6 Å². The highest BCUT2D eigenvalue weighted by Crippen LogP contribution is 2.39. The molecule has 3 aromatic rings. The van der Waals surface area contributed by atoms with E-state index in [0.29, 0.717) is 23.7 Å². The Morgan fingerprint density at radius 3 is 2.30 bits per heavy atom. The first-order valence-electron chi connectivity index (χ1n) is 14.8. The molecule has 0 radical (unpaired) electrons. The smallest absolute Gasteiger partial charge is 0.272 e. The lowest BCUT2D eigenvalue weighted by molar-refractivity contribution is -0.133. The molecule has 10 nitrogen and oxygen atoms in total. The van der Waals surface area contributed by atoms with Crippen LogP contribution in [0.2, 0.25) is 0 Å². The fourth-order valence-electron chi connectivity index (χ4n) is 5.78. The van der Waals surface area contributed by atoms with E-state index in [1.54, 1.807) is 6.07 Å². The first-order valence-corrected chi connectivity index (χ1v) is 16.7. The lowest BCUT2D eigenvalue weighted by Gasteiger charge is -2.35. The minimum atomic E-state index is -3.59. The number of carbonyl (C=O) groups is 2. The van der Waals surface area contributed by atoms with Crippen LogP contribution in [-0.4, -0.2) is 74.1 Å². The molecule has 1 aliphatic heterocycles. The Kier molecular flexibility index (Phi) is 8.50. The summed E-state index contributed by atoms with van der Waals surface area (Å²) in [4.78, 5) is 30.6. The number of anilines is 2. The van der Waals surface area contributed by atoms with Gasteiger partial charge in [-0.15, -0.1) is 0 Å². The second-order valence-electron chi connectivity index (χ2n) is 12.9. The maximum absolute atomic E-state index is 13.7. The van der Waals surface area contributed by atoms with Crippen molar-refractivity contribution in [1.82, 2.24) is 14.4 Å². The highest BCUT2D eigenvalue weighted by Gasteiger charge is 2.29. The predicted molar refractivity (Wildman–Crippen MR) is 170 cm³/mol. The number of para-hydroxylation sites is 1. The molecule has 43 heavy (non-hydrogen) atoms. The van der Waals surface area contributed by atoms with Crippen LogP contribution in [0.25, 0.3) is 10.9 Å². The Bertz CT molecular complexity index is 1640. The summed E-state index contributed by atoms with van der Waals surface area (Å²) in [5.41, 5.74) is 3.73. The largest absolute Gasteiger partial charge is 0.492 e. The fourth-order valence-corrected chi connectivity index (χ4v) is 6.33. The van der Waals surface area contributed by atoms with Gasteiger partial charge >= 0.3 is 0 Å². The van der Waals surface area contributed by atoms with Crippen molar-refractivity contribution in [2.45, 2.75) is 52.0 Å². The number of aromatic nitrogens is 1. The van der Waals surface area contributed by atoms with Gasteiger partial charge in [0, 0.05) is 51.6 Å². The molecule has 1 saturated heterocycles. The summed E-state index contributed by atoms with van der Waals surface area (Å²) >= 11 is 0. The van der Waals surface area contributed by atoms with Crippen molar-refractivity contribution in [3.63, 3.8) is 0 Å². The maximum Gasteiger partial charge on any atom is 0.272 e. The van der Waals surface area contributed by atoms with Gasteiger partial charge in [-0.25, -0.2) is 8.42 Å². The summed E-state index contributed by atoms with van der Waals surface area (Å²) in [5.74, 6) is 0.788. The number of ether oxygens (including phenoxy) is 1. The Hall–Kier alpha value is -3.57. The predicted octanol–water partition coefficient (Wildman–Crippen LogP) is 4.55. The molecule has 0 spiro atoms. The van der Waals surface area contributed by atoms with Gasteiger partial charge in [-0.1, -0.05) is 39.0 Å². The Labute approximate surface area is 254 Å². The number of rotatable bonds is 9. The van der Waals surface area contributed by atoms with E-state index in [-0.39, 0.29) is 28.7 Å². The van der Waals surface area contributed by atoms with Crippen LogP contribution in [-0.2, 0) is 33.8 Å². The standard InChI is InChI=1S/C32H43N5O5S/c1-32(2,3)24-18-25(30(42-5)26(19-24)34-43(6,40)41)33-31(39)27-17-22-8-7-9-23(29(22)35(27)4)20-36-12-14-37(15-13-36)28(38)16-21-10-11-21/h7-9,17-19,21,34H,10-16,20H2,1-6H3,(H,33,39). The third kappa shape index (κ3) is 7.15. The van der Waals surface area contributed by atoms with Gasteiger partial charge in [0.15, 0.2) is 5.75 Å². The summed E-state index contributed by atoms with van der Waals surface area (Å²) in [7, 11) is -0.261. The quantitative estimate of drug-likeness (QED) is 0.368. The van der Waals surface area contributed by atoms with Gasteiger partial charge in [0.1, 0.15) is 5.69 Å². The minimum absolute atomic E-state index is 0.237. The number of carbonyl (C=O) groups excluding carboxylic acids is 2. The molecular formula is C32H43N5O5S. The average molecular weight is 610 g/mol. The zero-order chi connectivity index (χ0) is 31.1. The van der Waals surface area contributed by atoms with Gasteiger partial charge in [-0.3, -0.25) is 19.2 Å². The molecule has 2 N–H and O–H groups in total. The molecule has 11 heteroatoms. The number of nitrogens with one attached hydrogen (secondary N) is 2. The summed E-state index contributed by atoms with van der Waals surface area (Å²) in [6, 6.07) is 11.5. The van der Waals surface area contributed by atoms with E-state index in [9.17, 15) is 18.0 Å². The van der Waals surface area contributed by atoms with Crippen molar-refractivity contribution in [2.24, 2.45) is 13.0 Å². The Morgan fingerprint density at radius 2 is 1.70 bits per heavy atom. The molecule has 1 aromatic heterocycles. The minimum Gasteiger partial charge on any atom is -0.492 e. The number of amides is 2. The molecule has 232 valence electrons. The number of hydrogen-bond donors (Lipinski definition) is 2. The molecule has 2 heterocycles. The first-order chi connectivity index (χ1) is 20.2. The molecular weight excluding hydrogens is 566 g/mol. The highest BCUT2D eigenvalue weighted by molar-refractivity contribution is 7.92. The summed E-state index contributed by atoms with van der Waals surface area (Å²) in [6.45, 7) is 9.90. The SMILES string of the molecule is COc1c(NC(=O)c2cc3cccc(CN4CCN(C(=O)CC5CC5)CC4)c3n2C)cc(C(C)(C)C)cc1NS(C)(=O)=O. The van der Waals surface area contributed by atoms with Crippen LogP contribution in [0.3, 0.4) is 0 Å². The van der Waals surface area contributed by atoms with Crippen LogP contribution >= 0.6 is 0 Å². The second-order valence-corrected chi connectivity index (χ2v) is 14.7. The summed E-state index contributed by atoms with van der Waals surface area (Å²) in [6.07, 6.45) is 4.14. The van der Waals surface area contributed by atoms with Crippen LogP contribution in [0, 0.1) is 5.92 Å². The van der Waals surface area contributed by atoms with Crippen molar-refractivity contribution in [1.29, 1.82) is 0 Å². The molecule has 0 unspecified atom stereocenters. The number of hydrogen-bond acceptors (Lipinski definition) is 6. The van der Waals surface area contributed by atoms with E-state index in [1.807, 2.05) is 61.6 Å². The van der Waals surface area contributed by atoms with Crippen LogP contribution in [0.4, 0.5) is 11.4 Å². The van der Waals surface area contributed by atoms with Gasteiger partial charge in [0.05, 0.1) is 30.3 Å². The molecule has 1 aliphatic carbocycles. The van der Waals surface area contributed by atoms with E-state index in [2.05, 4.69) is 21.0 Å². The molecule has 0 atom stereocenters. The third-order valence-electron chi connectivity index (χ3n) is 8.35. The normalized spacial score (nSPS) is 16.4. The Morgan fingerprint density at radius 1 is 1.02 bits per heavy atom. The third-order valence-corrected chi connectivity index (χ3v) is 8.94. The van der Waals surface area contributed by atoms with Gasteiger partial charge in [0.25, 0.3) is 5.91 Å². The topological polar surface area (TPSA) is 113 Å². The van der Waals surface area contributed by atoms with Crippen molar-refractivity contribution >= 4 is 44.1 Å². The number of nitrogens with zero attached hydrogens (tertiary/aromatic N) is 3. The van der Waals surface area contributed by atoms with E-state index in [0.717, 1.165) is 61.0 Å². The zero-order valence-electron chi connectivity index (χ0n) is 26.0. The maximum atomic E-state index is 13.7. The Balaban J connectivity index is 1.38. The number of piperazine rings is 1. The number of aryl methyl sites for hydroxylation is 1. The lowest BCUT2D eigenvalue weighted by Crippen LogP contribution is -2.48. The molecule has 2 amide bonds. The van der Waals surface area contributed by atoms with Gasteiger partial charge in [0.2, 0.25) is 15.9 Å². The van der Waals surface area contributed by atoms with Gasteiger partial charge in [-0.2, -0.15) is 0 Å². The van der Waals surface area contributed by atoms with E-state index in [1.165, 1.54) is 20.0 Å². The summed E-state index contributed by atoms with van der Waals surface area (Å²) in [5, 5.41) is 3.94. The molecule has 1 saturated carbocycles. The number of methoxy groups -OCH3 is 1. The van der Waals surface area contributed by atoms with Gasteiger partial charge in [-0.05, 0) is 53.5 Å². The number of fused-ring (bicyclic) bond motifs is 1. The number of benzene rings is 2. The highest BCUT2D eigenvalue weighted by atomic mass is 32.2. The van der Waals surface area contributed by atoms with Gasteiger partial charge < -0.3 is 19.5 Å². The van der Waals surface area contributed by atoms with Crippen LogP contribution < -0.4 is 14.8 Å². The second kappa shape index (κ2) is 11.8. The molecule has 5 rings (SSSR count). The first kappa shape index (κ1) is 30.9.